The molecule has 35 heavy (non-hydrogen) atoms. The molecule has 0 bridgehead atoms. The van der Waals surface area contributed by atoms with Crippen LogP contribution in [0.15, 0.2) is 24.3 Å². The fourth-order valence-electron chi connectivity index (χ4n) is 4.98. The number of benzene rings is 1. The van der Waals surface area contributed by atoms with E-state index < -0.39 is 46.1 Å². The van der Waals surface area contributed by atoms with Gasteiger partial charge in [0.05, 0.1) is 18.3 Å². The van der Waals surface area contributed by atoms with E-state index in [1.54, 1.807) is 24.3 Å². The predicted molar refractivity (Wildman–Crippen MR) is 125 cm³/mol. The number of likely N-dealkylation sites (tertiary alicyclic amines) is 2. The lowest BCUT2D eigenvalue weighted by molar-refractivity contribution is -0.139. The van der Waals surface area contributed by atoms with Gasteiger partial charge in [-0.2, -0.15) is 0 Å². The summed E-state index contributed by atoms with van der Waals surface area (Å²) in [4.78, 5) is 41.9. The van der Waals surface area contributed by atoms with Crippen molar-refractivity contribution in [1.82, 2.24) is 19.4 Å². The van der Waals surface area contributed by atoms with E-state index in [1.807, 2.05) is 0 Å². The molecule has 1 aromatic carbocycles. The third kappa shape index (κ3) is 4.96. The number of nitrogens with one attached hydrogen (secondary N) is 2. The standard InChI is InChI=1S/C22H30N6O6S/c23-22(24)27-11-5-8-16(20(27)31)25-18(29)12-26-10-4-3-9-17(21(26)32)28-19(30)15-7-2-1-6-14(15)13-35(28,33)34/h1-2,6-7,16-17,20,31H,3-5,8-13H2,(H3,23,24)(H,25,29)/t16-,17-,20?/m0/s1. The van der Waals surface area contributed by atoms with Crippen LogP contribution in [0.2, 0.25) is 0 Å². The topological polar surface area (TPSA) is 177 Å². The third-order valence-corrected chi connectivity index (χ3v) is 8.40. The zero-order valence-electron chi connectivity index (χ0n) is 19.2. The highest BCUT2D eigenvalue weighted by Gasteiger charge is 2.45. The molecule has 2 fully saturated rings. The molecule has 1 unspecified atom stereocenters. The number of hydrogen-bond acceptors (Lipinski definition) is 7. The van der Waals surface area contributed by atoms with Crippen LogP contribution in [0.3, 0.4) is 0 Å². The first kappa shape index (κ1) is 24.9. The lowest BCUT2D eigenvalue weighted by Gasteiger charge is -2.39. The van der Waals surface area contributed by atoms with E-state index in [2.05, 4.69) is 5.32 Å². The Hall–Kier alpha value is -3.19. The molecule has 3 heterocycles. The number of sulfonamides is 1. The fourth-order valence-corrected chi connectivity index (χ4v) is 6.69. The van der Waals surface area contributed by atoms with Gasteiger partial charge in [0.25, 0.3) is 5.91 Å². The van der Waals surface area contributed by atoms with Gasteiger partial charge in [0.2, 0.25) is 21.8 Å². The Labute approximate surface area is 203 Å². The van der Waals surface area contributed by atoms with Crippen molar-refractivity contribution in [3.63, 3.8) is 0 Å². The van der Waals surface area contributed by atoms with Gasteiger partial charge in [0.1, 0.15) is 12.3 Å². The number of aliphatic hydroxyl groups is 1. The highest BCUT2D eigenvalue weighted by molar-refractivity contribution is 7.89. The molecule has 3 aliphatic heterocycles. The molecular weight excluding hydrogens is 476 g/mol. The highest BCUT2D eigenvalue weighted by atomic mass is 32.2. The number of piperidine rings is 1. The first-order valence-electron chi connectivity index (χ1n) is 11.6. The number of rotatable bonds is 4. The summed E-state index contributed by atoms with van der Waals surface area (Å²) in [7, 11) is -4.07. The average Bonchev–Trinajstić information content (AvgIpc) is 2.96. The fraction of sp³-hybridized carbons (Fsp3) is 0.545. The molecule has 5 N–H and O–H groups in total. The van der Waals surface area contributed by atoms with Crippen molar-refractivity contribution in [1.29, 1.82) is 5.41 Å². The Morgan fingerprint density at radius 3 is 2.63 bits per heavy atom. The average molecular weight is 507 g/mol. The molecule has 190 valence electrons. The maximum Gasteiger partial charge on any atom is 0.268 e. The van der Waals surface area contributed by atoms with Crippen LogP contribution in [0, 0.1) is 5.41 Å². The predicted octanol–water partition coefficient (Wildman–Crippen LogP) is -0.854. The van der Waals surface area contributed by atoms with Crippen molar-refractivity contribution in [2.45, 2.75) is 56.2 Å². The van der Waals surface area contributed by atoms with Crippen LogP contribution in [0.5, 0.6) is 0 Å². The van der Waals surface area contributed by atoms with Crippen molar-refractivity contribution < 1.29 is 27.9 Å². The quantitative estimate of drug-likeness (QED) is 0.301. The summed E-state index contributed by atoms with van der Waals surface area (Å²) in [5.41, 5.74) is 6.14. The van der Waals surface area contributed by atoms with Gasteiger partial charge in [0, 0.05) is 18.7 Å². The summed E-state index contributed by atoms with van der Waals surface area (Å²) in [6.07, 6.45) is 1.19. The maximum absolute atomic E-state index is 13.4. The molecule has 0 saturated carbocycles. The van der Waals surface area contributed by atoms with Gasteiger partial charge >= 0.3 is 0 Å². The van der Waals surface area contributed by atoms with E-state index in [0.717, 1.165) is 0 Å². The Kier molecular flexibility index (Phi) is 6.99. The first-order chi connectivity index (χ1) is 16.6. The second-order valence-electron chi connectivity index (χ2n) is 9.09. The molecular formula is C22H30N6O6S. The summed E-state index contributed by atoms with van der Waals surface area (Å²) in [6.45, 7) is 0.308. The smallest absolute Gasteiger partial charge is 0.268 e. The van der Waals surface area contributed by atoms with Crippen LogP contribution in [0.1, 0.15) is 48.0 Å². The van der Waals surface area contributed by atoms with E-state index in [0.29, 0.717) is 42.1 Å². The van der Waals surface area contributed by atoms with E-state index >= 15 is 0 Å². The van der Waals surface area contributed by atoms with Crippen LogP contribution in [0.25, 0.3) is 0 Å². The van der Waals surface area contributed by atoms with Gasteiger partial charge in [-0.15, -0.1) is 0 Å². The number of nitrogens with two attached hydrogens (primary N) is 1. The van der Waals surface area contributed by atoms with Gasteiger partial charge in [0.15, 0.2) is 5.96 Å². The highest BCUT2D eigenvalue weighted by Crippen LogP contribution is 2.30. The normalized spacial score (nSPS) is 26.7. The Bertz CT molecular complexity index is 1140. The Morgan fingerprint density at radius 1 is 1.14 bits per heavy atom. The number of guanidine groups is 1. The second-order valence-corrected chi connectivity index (χ2v) is 10.9. The second kappa shape index (κ2) is 9.82. The Balaban J connectivity index is 1.49. The number of aliphatic hydroxyl groups excluding tert-OH is 1. The van der Waals surface area contributed by atoms with E-state index in [-0.39, 0.29) is 36.8 Å². The molecule has 3 atom stereocenters. The number of nitrogens with zero attached hydrogens (tertiary/aromatic N) is 3. The van der Waals surface area contributed by atoms with E-state index in [4.69, 9.17) is 11.1 Å². The van der Waals surface area contributed by atoms with Crippen molar-refractivity contribution in [2.75, 3.05) is 19.6 Å². The summed E-state index contributed by atoms with van der Waals surface area (Å²) < 4.78 is 26.7. The first-order valence-corrected chi connectivity index (χ1v) is 13.2. The molecule has 1 aromatic rings. The number of amides is 3. The van der Waals surface area contributed by atoms with Crippen LogP contribution in [-0.4, -0.2) is 89.3 Å². The molecule has 4 rings (SSSR count). The van der Waals surface area contributed by atoms with Gasteiger partial charge in [-0.05, 0) is 43.7 Å². The van der Waals surface area contributed by atoms with Crippen molar-refractivity contribution >= 4 is 33.7 Å². The van der Waals surface area contributed by atoms with Gasteiger partial charge in [-0.3, -0.25) is 19.8 Å². The summed E-state index contributed by atoms with van der Waals surface area (Å²) in [6, 6.07) is 4.55. The van der Waals surface area contributed by atoms with Crippen LogP contribution < -0.4 is 11.1 Å². The molecule has 0 radical (unpaired) electrons. The zero-order valence-corrected chi connectivity index (χ0v) is 20.0. The number of carbonyl (C=O) groups excluding carboxylic acids is 3. The van der Waals surface area contributed by atoms with Gasteiger partial charge in [-0.25, -0.2) is 12.7 Å². The molecule has 2 saturated heterocycles. The summed E-state index contributed by atoms with van der Waals surface area (Å²) >= 11 is 0. The number of hydrogen-bond donors (Lipinski definition) is 4. The van der Waals surface area contributed by atoms with Crippen LogP contribution >= 0.6 is 0 Å². The summed E-state index contributed by atoms with van der Waals surface area (Å²) in [5, 5.41) is 20.7. The maximum atomic E-state index is 13.4. The Morgan fingerprint density at radius 2 is 1.89 bits per heavy atom. The summed E-state index contributed by atoms with van der Waals surface area (Å²) in [5.74, 6) is -2.51. The molecule has 3 amide bonds. The van der Waals surface area contributed by atoms with E-state index in [1.165, 1.54) is 9.80 Å². The SMILES string of the molecule is N=C(N)N1CCC[C@H](NC(=O)CN2CCCC[C@H](N3C(=O)c4ccccc4CS3(=O)=O)C2=O)C1O. The van der Waals surface area contributed by atoms with Crippen molar-refractivity contribution in [2.24, 2.45) is 5.73 Å². The van der Waals surface area contributed by atoms with Crippen molar-refractivity contribution in [3.05, 3.63) is 35.4 Å². The molecule has 12 nitrogen and oxygen atoms in total. The van der Waals surface area contributed by atoms with Crippen molar-refractivity contribution in [3.8, 4) is 0 Å². The molecule has 0 spiro atoms. The molecule has 13 heteroatoms. The number of fused-ring (bicyclic) bond motifs is 1. The minimum absolute atomic E-state index is 0.180. The largest absolute Gasteiger partial charge is 0.371 e. The minimum Gasteiger partial charge on any atom is -0.371 e. The minimum atomic E-state index is -4.07. The monoisotopic (exact) mass is 506 g/mol. The van der Waals surface area contributed by atoms with Gasteiger partial charge < -0.3 is 26.0 Å². The van der Waals surface area contributed by atoms with Crippen LogP contribution in [-0.2, 0) is 25.4 Å². The lowest BCUT2D eigenvalue weighted by atomic mass is 10.0. The molecule has 3 aliphatic rings. The van der Waals surface area contributed by atoms with Gasteiger partial charge in [-0.1, -0.05) is 18.2 Å². The third-order valence-electron chi connectivity index (χ3n) is 6.70. The van der Waals surface area contributed by atoms with E-state index in [9.17, 15) is 27.9 Å². The molecule has 0 aliphatic carbocycles. The number of carbonyl (C=O) groups is 3. The lowest BCUT2D eigenvalue weighted by Crippen LogP contribution is -2.60. The zero-order chi connectivity index (χ0) is 25.3. The molecule has 0 aromatic heterocycles. The van der Waals surface area contributed by atoms with Crippen LogP contribution in [0.4, 0.5) is 0 Å².